The lowest BCUT2D eigenvalue weighted by atomic mass is 10.3. The third-order valence-electron chi connectivity index (χ3n) is 4.39. The number of guanidine groups is 1. The molecule has 0 unspecified atom stereocenters. The normalized spacial score (nSPS) is 14.7. The molecule has 1 aliphatic carbocycles. The number of carbonyl (C=O) groups excluding carboxylic acids is 1. The molecule has 0 radical (unpaired) electrons. The number of hydrogen-bond donors (Lipinski definition) is 2. The Balaban J connectivity index is 2.35. The predicted octanol–water partition coefficient (Wildman–Crippen LogP) is 0.911. The zero-order chi connectivity index (χ0) is 18.5. The van der Waals surface area contributed by atoms with Crippen LogP contribution in [0.3, 0.4) is 0 Å². The van der Waals surface area contributed by atoms with Crippen molar-refractivity contribution in [3.05, 3.63) is 0 Å². The van der Waals surface area contributed by atoms with E-state index in [2.05, 4.69) is 20.5 Å². The molecule has 1 amide bonds. The first-order chi connectivity index (χ1) is 12.2. The summed E-state index contributed by atoms with van der Waals surface area (Å²) in [5.74, 6) is 0.977. The summed E-state index contributed by atoms with van der Waals surface area (Å²) in [5.41, 5.74) is 0. The Morgan fingerprint density at radius 1 is 1.16 bits per heavy atom. The lowest BCUT2D eigenvalue weighted by Gasteiger charge is -2.21. The lowest BCUT2D eigenvalue weighted by molar-refractivity contribution is -0.130. The molecule has 0 bridgehead atoms. The van der Waals surface area contributed by atoms with Gasteiger partial charge in [-0.05, 0) is 33.6 Å². The van der Waals surface area contributed by atoms with Crippen molar-refractivity contribution >= 4 is 11.9 Å². The van der Waals surface area contributed by atoms with Crippen molar-refractivity contribution in [1.82, 2.24) is 20.4 Å². The van der Waals surface area contributed by atoms with Crippen LogP contribution < -0.4 is 10.6 Å². The van der Waals surface area contributed by atoms with Crippen LogP contribution in [0.25, 0.3) is 0 Å². The maximum Gasteiger partial charge on any atom is 0.224 e. The van der Waals surface area contributed by atoms with Crippen molar-refractivity contribution < 1.29 is 9.53 Å². The molecule has 1 saturated carbocycles. The minimum absolute atomic E-state index is 0.188. The summed E-state index contributed by atoms with van der Waals surface area (Å²) >= 11 is 0. The summed E-state index contributed by atoms with van der Waals surface area (Å²) in [6.45, 7) is 12.5. The van der Waals surface area contributed by atoms with E-state index in [-0.39, 0.29) is 5.91 Å². The first kappa shape index (κ1) is 21.7. The summed E-state index contributed by atoms with van der Waals surface area (Å²) in [5, 5.41) is 6.51. The van der Waals surface area contributed by atoms with Gasteiger partial charge in [-0.15, -0.1) is 0 Å². The van der Waals surface area contributed by atoms with Crippen molar-refractivity contribution in [1.29, 1.82) is 0 Å². The van der Waals surface area contributed by atoms with E-state index in [0.717, 1.165) is 51.8 Å². The summed E-state index contributed by atoms with van der Waals surface area (Å²) < 4.78 is 5.19. The number of ether oxygens (including phenoxy) is 1. The Labute approximate surface area is 153 Å². The van der Waals surface area contributed by atoms with Gasteiger partial charge in [-0.2, -0.15) is 0 Å². The second-order valence-corrected chi connectivity index (χ2v) is 6.26. The largest absolute Gasteiger partial charge is 0.383 e. The van der Waals surface area contributed by atoms with Crippen LogP contribution in [0.1, 0.15) is 40.0 Å². The molecule has 0 aromatic carbocycles. The summed E-state index contributed by atoms with van der Waals surface area (Å²) in [7, 11) is 1.75. The van der Waals surface area contributed by atoms with E-state index in [4.69, 9.17) is 4.74 Å². The fourth-order valence-electron chi connectivity index (χ4n) is 2.78. The molecule has 1 rings (SSSR count). The Morgan fingerprint density at radius 3 is 2.44 bits per heavy atom. The fraction of sp³-hybridized carbons (Fsp3) is 0.889. The zero-order valence-corrected chi connectivity index (χ0v) is 16.5. The van der Waals surface area contributed by atoms with Gasteiger partial charge in [0.15, 0.2) is 5.96 Å². The molecular formula is C18H37N5O2. The highest BCUT2D eigenvalue weighted by molar-refractivity contribution is 5.81. The number of methoxy groups -OCH3 is 1. The highest BCUT2D eigenvalue weighted by Gasteiger charge is 2.28. The van der Waals surface area contributed by atoms with Crippen molar-refractivity contribution in [3.63, 3.8) is 0 Å². The van der Waals surface area contributed by atoms with Crippen LogP contribution >= 0.6 is 0 Å². The molecule has 0 saturated heterocycles. The van der Waals surface area contributed by atoms with Crippen LogP contribution in [0, 0.1) is 0 Å². The van der Waals surface area contributed by atoms with Gasteiger partial charge in [0.2, 0.25) is 5.91 Å². The van der Waals surface area contributed by atoms with Crippen LogP contribution in [-0.4, -0.2) is 87.2 Å². The SMILES string of the molecule is CCNC(=NCCN(CCOC)C1CC1)NCCC(=O)N(CC)CC. The Hall–Kier alpha value is -1.34. The van der Waals surface area contributed by atoms with E-state index >= 15 is 0 Å². The van der Waals surface area contributed by atoms with E-state index in [9.17, 15) is 4.79 Å². The van der Waals surface area contributed by atoms with E-state index in [0.29, 0.717) is 19.0 Å². The molecule has 7 nitrogen and oxygen atoms in total. The second kappa shape index (κ2) is 12.9. The highest BCUT2D eigenvalue weighted by Crippen LogP contribution is 2.26. The number of amides is 1. The van der Waals surface area contributed by atoms with Crippen molar-refractivity contribution in [2.75, 3.05) is 59.5 Å². The van der Waals surface area contributed by atoms with Gasteiger partial charge in [-0.3, -0.25) is 14.7 Å². The van der Waals surface area contributed by atoms with Gasteiger partial charge in [-0.25, -0.2) is 0 Å². The minimum atomic E-state index is 0.188. The summed E-state index contributed by atoms with van der Waals surface area (Å²) in [6, 6.07) is 0.715. The standard InChI is InChI=1S/C18H37N5O2/c1-5-19-18(20-11-10-17(24)22(6-2)7-3)21-12-13-23(14-15-25-4)16-8-9-16/h16H,5-15H2,1-4H3,(H2,19,20,21). The quantitative estimate of drug-likeness (QED) is 0.380. The average molecular weight is 356 g/mol. The van der Waals surface area contributed by atoms with Crippen molar-refractivity contribution in [2.45, 2.75) is 46.1 Å². The second-order valence-electron chi connectivity index (χ2n) is 6.26. The number of hydrogen-bond acceptors (Lipinski definition) is 4. The van der Waals surface area contributed by atoms with Gasteiger partial charge in [0.25, 0.3) is 0 Å². The summed E-state index contributed by atoms with van der Waals surface area (Å²) in [6.07, 6.45) is 3.08. The van der Waals surface area contributed by atoms with Crippen molar-refractivity contribution in [3.8, 4) is 0 Å². The topological polar surface area (TPSA) is 69.2 Å². The molecule has 0 aromatic heterocycles. The predicted molar refractivity (Wildman–Crippen MR) is 103 cm³/mol. The monoisotopic (exact) mass is 355 g/mol. The van der Waals surface area contributed by atoms with Crippen LogP contribution in [-0.2, 0) is 9.53 Å². The maximum atomic E-state index is 12.0. The molecule has 0 spiro atoms. The highest BCUT2D eigenvalue weighted by atomic mass is 16.5. The van der Waals surface area contributed by atoms with Crippen LogP contribution in [0.2, 0.25) is 0 Å². The zero-order valence-electron chi connectivity index (χ0n) is 16.5. The molecule has 25 heavy (non-hydrogen) atoms. The number of nitrogens with zero attached hydrogens (tertiary/aromatic N) is 3. The molecule has 0 heterocycles. The third-order valence-corrected chi connectivity index (χ3v) is 4.39. The minimum Gasteiger partial charge on any atom is -0.383 e. The van der Waals surface area contributed by atoms with Crippen LogP contribution in [0.15, 0.2) is 4.99 Å². The lowest BCUT2D eigenvalue weighted by Crippen LogP contribution is -2.40. The maximum absolute atomic E-state index is 12.0. The molecule has 0 atom stereocenters. The van der Waals surface area contributed by atoms with Gasteiger partial charge in [-0.1, -0.05) is 0 Å². The number of carbonyl (C=O) groups is 1. The first-order valence-electron chi connectivity index (χ1n) is 9.69. The molecule has 1 fully saturated rings. The molecular weight excluding hydrogens is 318 g/mol. The molecule has 2 N–H and O–H groups in total. The Morgan fingerprint density at radius 2 is 1.88 bits per heavy atom. The van der Waals surface area contributed by atoms with Gasteiger partial charge >= 0.3 is 0 Å². The fourth-order valence-corrected chi connectivity index (χ4v) is 2.78. The van der Waals surface area contributed by atoms with E-state index in [1.165, 1.54) is 12.8 Å². The van der Waals surface area contributed by atoms with E-state index in [1.54, 1.807) is 7.11 Å². The third kappa shape index (κ3) is 9.07. The molecule has 0 aliphatic heterocycles. The van der Waals surface area contributed by atoms with Gasteiger partial charge in [0.05, 0.1) is 13.2 Å². The first-order valence-corrected chi connectivity index (χ1v) is 9.69. The Bertz CT molecular complexity index is 395. The number of rotatable bonds is 13. The van der Waals surface area contributed by atoms with Crippen molar-refractivity contribution in [2.24, 2.45) is 4.99 Å². The smallest absolute Gasteiger partial charge is 0.224 e. The summed E-state index contributed by atoms with van der Waals surface area (Å²) in [4.78, 5) is 21.0. The van der Waals surface area contributed by atoms with Gasteiger partial charge in [0.1, 0.15) is 0 Å². The van der Waals surface area contributed by atoms with E-state index < -0.39 is 0 Å². The Kier molecular flexibility index (Phi) is 11.2. The molecule has 7 heteroatoms. The average Bonchev–Trinajstić information content (AvgIpc) is 3.44. The van der Waals surface area contributed by atoms with Crippen LogP contribution in [0.5, 0.6) is 0 Å². The number of nitrogens with one attached hydrogen (secondary N) is 2. The van der Waals surface area contributed by atoms with E-state index in [1.807, 2.05) is 25.7 Å². The molecule has 146 valence electrons. The van der Waals surface area contributed by atoms with Crippen LogP contribution in [0.4, 0.5) is 0 Å². The van der Waals surface area contributed by atoms with Gasteiger partial charge < -0.3 is 20.3 Å². The molecule has 0 aromatic rings. The number of aliphatic imine (C=N–C) groups is 1. The van der Waals surface area contributed by atoms with Gasteiger partial charge in [0, 0.05) is 58.8 Å². The molecule has 1 aliphatic rings.